The standard InChI is InChI=1S/C16H16ClN3O/c1-20-15-8-3-2-6-12(15)14(19-20)10-21-16-11(9-18)5-4-7-13(16)17/h2-8H,9-10,18H2,1H3. The van der Waals surface area contributed by atoms with Crippen molar-refractivity contribution in [3.05, 3.63) is 58.7 Å². The molecule has 0 atom stereocenters. The van der Waals surface area contributed by atoms with Gasteiger partial charge in [0.05, 0.1) is 10.5 Å². The molecular weight excluding hydrogens is 286 g/mol. The Labute approximate surface area is 128 Å². The van der Waals surface area contributed by atoms with Crippen molar-refractivity contribution in [3.63, 3.8) is 0 Å². The van der Waals surface area contributed by atoms with Gasteiger partial charge in [0.1, 0.15) is 18.1 Å². The lowest BCUT2D eigenvalue weighted by molar-refractivity contribution is 0.298. The van der Waals surface area contributed by atoms with Gasteiger partial charge in [-0.05, 0) is 12.1 Å². The maximum atomic E-state index is 6.19. The average Bonchev–Trinajstić information content (AvgIpc) is 2.83. The molecular formula is C16H16ClN3O. The molecule has 1 heterocycles. The third kappa shape index (κ3) is 2.60. The van der Waals surface area contributed by atoms with E-state index in [-0.39, 0.29) is 0 Å². The number of rotatable bonds is 4. The molecule has 3 rings (SSSR count). The molecule has 0 saturated carbocycles. The first-order valence-corrected chi connectivity index (χ1v) is 7.09. The Kier molecular flexibility index (Phi) is 3.82. The number of halogens is 1. The van der Waals surface area contributed by atoms with E-state index in [1.54, 1.807) is 6.07 Å². The largest absolute Gasteiger partial charge is 0.485 e. The summed E-state index contributed by atoms with van der Waals surface area (Å²) >= 11 is 6.19. The second-order valence-electron chi connectivity index (χ2n) is 4.81. The maximum absolute atomic E-state index is 6.19. The van der Waals surface area contributed by atoms with Crippen molar-refractivity contribution >= 4 is 22.5 Å². The lowest BCUT2D eigenvalue weighted by Gasteiger charge is -2.11. The fraction of sp³-hybridized carbons (Fsp3) is 0.188. The van der Waals surface area contributed by atoms with Crippen LogP contribution in [0.4, 0.5) is 0 Å². The third-order valence-corrected chi connectivity index (χ3v) is 3.75. The molecule has 0 unspecified atom stereocenters. The number of ether oxygens (including phenoxy) is 1. The first kappa shape index (κ1) is 13.9. The van der Waals surface area contributed by atoms with E-state index in [0.717, 1.165) is 22.2 Å². The highest BCUT2D eigenvalue weighted by Gasteiger charge is 2.11. The van der Waals surface area contributed by atoms with Crippen LogP contribution in [0.15, 0.2) is 42.5 Å². The molecule has 2 aromatic carbocycles. The van der Waals surface area contributed by atoms with E-state index in [1.165, 1.54) is 0 Å². The summed E-state index contributed by atoms with van der Waals surface area (Å²) in [5.74, 6) is 0.636. The third-order valence-electron chi connectivity index (χ3n) is 3.46. The van der Waals surface area contributed by atoms with E-state index < -0.39 is 0 Å². The van der Waals surface area contributed by atoms with Gasteiger partial charge in [0.2, 0.25) is 0 Å². The molecule has 0 aliphatic heterocycles. The van der Waals surface area contributed by atoms with Crippen molar-refractivity contribution in [2.75, 3.05) is 0 Å². The lowest BCUT2D eigenvalue weighted by atomic mass is 10.2. The van der Waals surface area contributed by atoms with Crippen LogP contribution in [0.2, 0.25) is 5.02 Å². The van der Waals surface area contributed by atoms with Crippen molar-refractivity contribution in [3.8, 4) is 5.75 Å². The van der Waals surface area contributed by atoms with Crippen molar-refractivity contribution in [1.29, 1.82) is 0 Å². The van der Waals surface area contributed by atoms with Crippen LogP contribution in [0.1, 0.15) is 11.3 Å². The molecule has 0 radical (unpaired) electrons. The van der Waals surface area contributed by atoms with Gasteiger partial charge in [-0.2, -0.15) is 5.10 Å². The number of aryl methyl sites for hydroxylation is 1. The molecule has 3 aromatic rings. The lowest BCUT2D eigenvalue weighted by Crippen LogP contribution is -2.04. The SMILES string of the molecule is Cn1nc(COc2c(Cl)cccc2CN)c2ccccc21. The molecule has 0 bridgehead atoms. The summed E-state index contributed by atoms with van der Waals surface area (Å²) in [6.45, 7) is 0.747. The van der Waals surface area contributed by atoms with E-state index in [9.17, 15) is 0 Å². The zero-order chi connectivity index (χ0) is 14.8. The molecule has 0 saturated heterocycles. The molecule has 5 heteroatoms. The van der Waals surface area contributed by atoms with Gasteiger partial charge in [0, 0.05) is 24.5 Å². The number of aromatic nitrogens is 2. The van der Waals surface area contributed by atoms with E-state index in [0.29, 0.717) is 23.9 Å². The van der Waals surface area contributed by atoms with Gasteiger partial charge in [0.25, 0.3) is 0 Å². The highest BCUT2D eigenvalue weighted by Crippen LogP contribution is 2.29. The minimum atomic E-state index is 0.359. The Hall–Kier alpha value is -2.04. The molecule has 2 N–H and O–H groups in total. The summed E-state index contributed by atoms with van der Waals surface area (Å²) in [5.41, 5.74) is 8.58. The number of hydrogen-bond donors (Lipinski definition) is 1. The summed E-state index contributed by atoms with van der Waals surface area (Å²) in [6, 6.07) is 13.6. The van der Waals surface area contributed by atoms with Crippen molar-refractivity contribution < 1.29 is 4.74 Å². The Morgan fingerprint density at radius 2 is 2.00 bits per heavy atom. The predicted molar refractivity (Wildman–Crippen MR) is 84.4 cm³/mol. The molecule has 0 aliphatic rings. The molecule has 0 fully saturated rings. The Morgan fingerprint density at radius 1 is 1.19 bits per heavy atom. The Balaban J connectivity index is 1.91. The molecule has 0 aliphatic carbocycles. The summed E-state index contributed by atoms with van der Waals surface area (Å²) in [6.07, 6.45) is 0. The van der Waals surface area contributed by atoms with Crippen molar-refractivity contribution in [1.82, 2.24) is 9.78 Å². The minimum Gasteiger partial charge on any atom is -0.485 e. The summed E-state index contributed by atoms with van der Waals surface area (Å²) in [4.78, 5) is 0. The fourth-order valence-electron chi connectivity index (χ4n) is 2.41. The van der Waals surface area contributed by atoms with Gasteiger partial charge in [-0.15, -0.1) is 0 Å². The van der Waals surface area contributed by atoms with E-state index in [4.69, 9.17) is 22.1 Å². The highest BCUT2D eigenvalue weighted by molar-refractivity contribution is 6.32. The number of fused-ring (bicyclic) bond motifs is 1. The van der Waals surface area contributed by atoms with Gasteiger partial charge in [-0.3, -0.25) is 4.68 Å². The van der Waals surface area contributed by atoms with E-state index >= 15 is 0 Å². The van der Waals surface area contributed by atoms with Crippen LogP contribution >= 0.6 is 11.6 Å². The van der Waals surface area contributed by atoms with Gasteiger partial charge >= 0.3 is 0 Å². The van der Waals surface area contributed by atoms with E-state index in [2.05, 4.69) is 5.10 Å². The van der Waals surface area contributed by atoms with Crippen LogP contribution in [-0.2, 0) is 20.2 Å². The normalized spacial score (nSPS) is 11.0. The molecule has 4 nitrogen and oxygen atoms in total. The second kappa shape index (κ2) is 5.76. The van der Waals surface area contributed by atoms with Crippen LogP contribution in [0.5, 0.6) is 5.75 Å². The molecule has 108 valence electrons. The summed E-state index contributed by atoms with van der Waals surface area (Å²) in [5, 5.41) is 6.16. The average molecular weight is 302 g/mol. The number of nitrogens with zero attached hydrogens (tertiary/aromatic N) is 2. The molecule has 0 amide bonds. The van der Waals surface area contributed by atoms with Crippen LogP contribution in [-0.4, -0.2) is 9.78 Å². The van der Waals surface area contributed by atoms with Crippen LogP contribution in [0.25, 0.3) is 10.9 Å². The maximum Gasteiger partial charge on any atom is 0.142 e. The first-order chi connectivity index (χ1) is 10.2. The summed E-state index contributed by atoms with van der Waals surface area (Å²) in [7, 11) is 1.92. The number of para-hydroxylation sites is 2. The van der Waals surface area contributed by atoms with Crippen LogP contribution < -0.4 is 10.5 Å². The molecule has 1 aromatic heterocycles. The molecule has 21 heavy (non-hydrogen) atoms. The Bertz CT molecular complexity index is 782. The predicted octanol–water partition coefficient (Wildman–Crippen LogP) is 3.26. The quantitative estimate of drug-likeness (QED) is 0.804. The van der Waals surface area contributed by atoms with Crippen LogP contribution in [0, 0.1) is 0 Å². The first-order valence-electron chi connectivity index (χ1n) is 6.71. The van der Waals surface area contributed by atoms with Crippen molar-refractivity contribution in [2.24, 2.45) is 12.8 Å². The zero-order valence-electron chi connectivity index (χ0n) is 11.7. The van der Waals surface area contributed by atoms with Gasteiger partial charge in [0.15, 0.2) is 0 Å². The monoisotopic (exact) mass is 301 g/mol. The van der Waals surface area contributed by atoms with Crippen LogP contribution in [0.3, 0.4) is 0 Å². The number of hydrogen-bond acceptors (Lipinski definition) is 3. The van der Waals surface area contributed by atoms with Gasteiger partial charge in [-0.25, -0.2) is 0 Å². The zero-order valence-corrected chi connectivity index (χ0v) is 12.5. The van der Waals surface area contributed by atoms with Gasteiger partial charge in [-0.1, -0.05) is 41.9 Å². The number of benzene rings is 2. The second-order valence-corrected chi connectivity index (χ2v) is 5.22. The van der Waals surface area contributed by atoms with Gasteiger partial charge < -0.3 is 10.5 Å². The minimum absolute atomic E-state index is 0.359. The van der Waals surface area contributed by atoms with Crippen molar-refractivity contribution in [2.45, 2.75) is 13.2 Å². The summed E-state index contributed by atoms with van der Waals surface area (Å²) < 4.78 is 7.73. The Morgan fingerprint density at radius 3 is 2.81 bits per heavy atom. The topological polar surface area (TPSA) is 53.1 Å². The smallest absolute Gasteiger partial charge is 0.142 e. The molecule has 0 spiro atoms. The van der Waals surface area contributed by atoms with E-state index in [1.807, 2.05) is 48.1 Å². The number of nitrogens with two attached hydrogens (primary N) is 1. The highest BCUT2D eigenvalue weighted by atomic mass is 35.5. The fourth-order valence-corrected chi connectivity index (χ4v) is 2.66.